The third-order valence-electron chi connectivity index (χ3n) is 4.21. The number of benzene rings is 2. The average molecular weight is 393 g/mol. The summed E-state index contributed by atoms with van der Waals surface area (Å²) in [5.74, 6) is 1.23. The van der Waals surface area contributed by atoms with Crippen molar-refractivity contribution in [1.82, 2.24) is 0 Å². The van der Waals surface area contributed by atoms with E-state index in [2.05, 4.69) is 17.1 Å². The maximum Gasteiger partial charge on any atom is 0.264 e. The van der Waals surface area contributed by atoms with Crippen LogP contribution >= 0.6 is 0 Å². The van der Waals surface area contributed by atoms with Crippen molar-refractivity contribution in [2.45, 2.75) is 27.2 Å². The molecule has 7 heteroatoms. The lowest BCUT2D eigenvalue weighted by molar-refractivity contribution is 0.479. The third kappa shape index (κ3) is 6.77. The summed E-state index contributed by atoms with van der Waals surface area (Å²) in [7, 11) is -3.93. The van der Waals surface area contributed by atoms with Gasteiger partial charge < -0.3 is 15.0 Å². The Morgan fingerprint density at radius 2 is 1.85 bits per heavy atom. The predicted molar refractivity (Wildman–Crippen MR) is 111 cm³/mol. The van der Waals surface area contributed by atoms with Gasteiger partial charge in [0.15, 0.2) is 0 Å². The highest BCUT2D eigenvalue weighted by Crippen LogP contribution is 2.29. The van der Waals surface area contributed by atoms with Gasteiger partial charge in [0.05, 0.1) is 5.75 Å². The van der Waals surface area contributed by atoms with Gasteiger partial charge in [0.2, 0.25) is 0 Å². The number of hydrogen-bond acceptors (Lipinski definition) is 5. The molecule has 6 nitrogen and oxygen atoms in total. The van der Waals surface area contributed by atoms with Crippen LogP contribution in [0.25, 0.3) is 0 Å². The van der Waals surface area contributed by atoms with E-state index in [1.807, 2.05) is 56.3 Å². The molecular weight excluding hydrogens is 364 g/mol. The first kappa shape index (κ1) is 21.1. The maximum atomic E-state index is 10.9. The molecule has 0 aliphatic heterocycles. The SMILES string of the molecule is CCNc1cc(Oc2cccc(N(CC)CCCS(=O)(=O)O)c2)ccc1C. The third-order valence-corrected chi connectivity index (χ3v) is 5.01. The molecule has 0 radical (unpaired) electrons. The lowest BCUT2D eigenvalue weighted by Gasteiger charge is -2.23. The molecule has 0 unspecified atom stereocenters. The first-order chi connectivity index (χ1) is 12.8. The van der Waals surface area contributed by atoms with Crippen molar-refractivity contribution in [1.29, 1.82) is 0 Å². The van der Waals surface area contributed by atoms with Gasteiger partial charge in [-0.05, 0) is 51.0 Å². The van der Waals surface area contributed by atoms with Gasteiger partial charge in [-0.15, -0.1) is 0 Å². The minimum atomic E-state index is -3.93. The number of hydrogen-bond donors (Lipinski definition) is 2. The van der Waals surface area contributed by atoms with Crippen molar-refractivity contribution in [3.8, 4) is 11.5 Å². The Balaban J connectivity index is 2.10. The average Bonchev–Trinajstić information content (AvgIpc) is 2.61. The normalized spacial score (nSPS) is 11.3. The van der Waals surface area contributed by atoms with Crippen molar-refractivity contribution in [2.24, 2.45) is 0 Å². The summed E-state index contributed by atoms with van der Waals surface area (Å²) < 4.78 is 36.7. The lowest BCUT2D eigenvalue weighted by atomic mass is 10.2. The molecule has 2 N–H and O–H groups in total. The van der Waals surface area contributed by atoms with Gasteiger partial charge in [0.25, 0.3) is 10.1 Å². The largest absolute Gasteiger partial charge is 0.457 e. The van der Waals surface area contributed by atoms with E-state index in [9.17, 15) is 8.42 Å². The van der Waals surface area contributed by atoms with Gasteiger partial charge in [0, 0.05) is 43.1 Å². The fourth-order valence-corrected chi connectivity index (χ4v) is 3.33. The second-order valence-electron chi connectivity index (χ2n) is 6.33. The fourth-order valence-electron chi connectivity index (χ4n) is 2.83. The molecule has 0 amide bonds. The second kappa shape index (κ2) is 9.62. The highest BCUT2D eigenvalue weighted by Gasteiger charge is 2.10. The molecule has 2 aromatic carbocycles. The van der Waals surface area contributed by atoms with Gasteiger partial charge in [-0.2, -0.15) is 8.42 Å². The van der Waals surface area contributed by atoms with Gasteiger partial charge >= 0.3 is 0 Å². The van der Waals surface area contributed by atoms with E-state index >= 15 is 0 Å². The summed E-state index contributed by atoms with van der Waals surface area (Å²) in [4.78, 5) is 2.05. The molecule has 0 aliphatic rings. The van der Waals surface area contributed by atoms with Gasteiger partial charge in [0.1, 0.15) is 11.5 Å². The van der Waals surface area contributed by atoms with E-state index < -0.39 is 10.1 Å². The van der Waals surface area contributed by atoms with E-state index in [0.29, 0.717) is 18.7 Å². The Morgan fingerprint density at radius 1 is 1.11 bits per heavy atom. The van der Waals surface area contributed by atoms with Crippen LogP contribution in [-0.4, -0.2) is 38.4 Å². The Kier molecular flexibility index (Phi) is 7.50. The monoisotopic (exact) mass is 392 g/mol. The van der Waals surface area contributed by atoms with Gasteiger partial charge in [-0.25, -0.2) is 0 Å². The summed E-state index contributed by atoms with van der Waals surface area (Å²) in [5, 5.41) is 3.32. The number of nitrogens with one attached hydrogen (secondary N) is 1. The molecular formula is C20H28N2O4S. The summed E-state index contributed by atoms with van der Waals surface area (Å²) in [6, 6.07) is 13.6. The van der Waals surface area contributed by atoms with Crippen LogP contribution in [0.3, 0.4) is 0 Å². The van der Waals surface area contributed by atoms with Crippen LogP contribution in [0.15, 0.2) is 42.5 Å². The van der Waals surface area contributed by atoms with Crippen molar-refractivity contribution >= 4 is 21.5 Å². The molecule has 0 heterocycles. The summed E-state index contributed by atoms with van der Waals surface area (Å²) in [6.07, 6.45) is 0.363. The van der Waals surface area contributed by atoms with Crippen molar-refractivity contribution < 1.29 is 17.7 Å². The molecule has 2 aromatic rings. The maximum absolute atomic E-state index is 10.9. The van der Waals surface area contributed by atoms with Crippen molar-refractivity contribution in [2.75, 3.05) is 35.6 Å². The van der Waals surface area contributed by atoms with Crippen molar-refractivity contribution in [3.05, 3.63) is 48.0 Å². The minimum Gasteiger partial charge on any atom is -0.457 e. The summed E-state index contributed by atoms with van der Waals surface area (Å²) in [5.41, 5.74) is 3.16. The number of aryl methyl sites for hydroxylation is 1. The highest BCUT2D eigenvalue weighted by atomic mass is 32.2. The van der Waals surface area contributed by atoms with E-state index in [4.69, 9.17) is 9.29 Å². The van der Waals surface area contributed by atoms with Crippen LogP contribution in [0.1, 0.15) is 25.8 Å². The molecule has 0 bridgehead atoms. The second-order valence-corrected chi connectivity index (χ2v) is 7.90. The smallest absolute Gasteiger partial charge is 0.264 e. The zero-order valence-corrected chi connectivity index (χ0v) is 16.9. The number of nitrogens with zero attached hydrogens (tertiary/aromatic N) is 1. The molecule has 0 spiro atoms. The Labute approximate surface area is 161 Å². The van der Waals surface area contributed by atoms with E-state index in [1.54, 1.807) is 0 Å². The first-order valence-corrected chi connectivity index (χ1v) is 10.8. The summed E-state index contributed by atoms with van der Waals surface area (Å²) in [6.45, 7) is 8.21. The van der Waals surface area contributed by atoms with Crippen LogP contribution in [0, 0.1) is 6.92 Å². The van der Waals surface area contributed by atoms with E-state index in [-0.39, 0.29) is 5.75 Å². The molecule has 0 aromatic heterocycles. The Bertz CT molecular complexity index is 853. The van der Waals surface area contributed by atoms with E-state index in [0.717, 1.165) is 35.8 Å². The molecule has 27 heavy (non-hydrogen) atoms. The van der Waals surface area contributed by atoms with Crippen molar-refractivity contribution in [3.63, 3.8) is 0 Å². The molecule has 0 aliphatic carbocycles. The predicted octanol–water partition coefficient (Wildman–Crippen LogP) is 4.32. The summed E-state index contributed by atoms with van der Waals surface area (Å²) >= 11 is 0. The minimum absolute atomic E-state index is 0.240. The highest BCUT2D eigenvalue weighted by molar-refractivity contribution is 7.85. The Morgan fingerprint density at radius 3 is 2.52 bits per heavy atom. The van der Waals surface area contributed by atoms with Gasteiger partial charge in [-0.1, -0.05) is 12.1 Å². The number of ether oxygens (including phenoxy) is 1. The van der Waals surface area contributed by atoms with Crippen LogP contribution in [0.5, 0.6) is 11.5 Å². The van der Waals surface area contributed by atoms with Crippen LogP contribution < -0.4 is 15.0 Å². The van der Waals surface area contributed by atoms with E-state index in [1.165, 1.54) is 0 Å². The number of anilines is 2. The molecule has 0 saturated heterocycles. The lowest BCUT2D eigenvalue weighted by Crippen LogP contribution is -2.25. The standard InChI is InChI=1S/C20H28N2O4S/c1-4-21-20-15-19(11-10-16(20)3)26-18-9-6-8-17(14-18)22(5-2)12-7-13-27(23,24)25/h6,8-11,14-15,21H,4-5,7,12-13H2,1-3H3,(H,23,24,25). The molecule has 0 atom stereocenters. The zero-order chi connectivity index (χ0) is 19.9. The molecule has 148 valence electrons. The fraction of sp³-hybridized carbons (Fsp3) is 0.400. The topological polar surface area (TPSA) is 78.9 Å². The Hall–Kier alpha value is -2.25. The van der Waals surface area contributed by atoms with Crippen LogP contribution in [0.4, 0.5) is 11.4 Å². The molecule has 0 fully saturated rings. The van der Waals surface area contributed by atoms with Gasteiger partial charge in [-0.3, -0.25) is 4.55 Å². The number of rotatable bonds is 10. The molecule has 2 rings (SSSR count). The first-order valence-electron chi connectivity index (χ1n) is 9.15. The quantitative estimate of drug-likeness (QED) is 0.586. The zero-order valence-electron chi connectivity index (χ0n) is 16.1. The molecule has 0 saturated carbocycles. The van der Waals surface area contributed by atoms with Crippen LogP contribution in [-0.2, 0) is 10.1 Å². The van der Waals surface area contributed by atoms with Crippen LogP contribution in [0.2, 0.25) is 0 Å².